The highest BCUT2D eigenvalue weighted by molar-refractivity contribution is 6.07. The number of fused-ring (bicyclic) bond motifs is 1. The Hall–Kier alpha value is -2.96. The van der Waals surface area contributed by atoms with Crippen molar-refractivity contribution < 1.29 is 19.2 Å². The minimum atomic E-state index is -0.753. The summed E-state index contributed by atoms with van der Waals surface area (Å²) < 4.78 is 5.00. The molecule has 0 saturated carbocycles. The number of benzene rings is 1. The zero-order valence-electron chi connectivity index (χ0n) is 16.3. The number of nitrogens with zero attached hydrogens (tertiary/aromatic N) is 2. The summed E-state index contributed by atoms with van der Waals surface area (Å²) in [5.74, 6) is -0.397. The lowest BCUT2D eigenvalue weighted by atomic mass is 9.96. The Labute approximate surface area is 164 Å². The number of carbonyl (C=O) groups is 2. The SMILES string of the molecule is CCOC(=O)C1CC(C(CC(C)C)NC(=O)c2nccc3ccccc23)=NO1. The number of oxime groups is 1. The lowest BCUT2D eigenvalue weighted by molar-refractivity contribution is -0.154. The normalized spacial score (nSPS) is 17.1. The molecule has 0 fully saturated rings. The summed E-state index contributed by atoms with van der Waals surface area (Å²) in [6, 6.07) is 9.15. The van der Waals surface area contributed by atoms with Crippen LogP contribution >= 0.6 is 0 Å². The Morgan fingerprint density at radius 3 is 2.82 bits per heavy atom. The number of hydrogen-bond acceptors (Lipinski definition) is 6. The van der Waals surface area contributed by atoms with Gasteiger partial charge in [-0.3, -0.25) is 9.78 Å². The van der Waals surface area contributed by atoms with E-state index in [1.54, 1.807) is 13.1 Å². The Bertz CT molecular complexity index is 889. The fourth-order valence-corrected chi connectivity index (χ4v) is 3.24. The number of ether oxygens (including phenoxy) is 1. The van der Waals surface area contributed by atoms with Crippen molar-refractivity contribution >= 4 is 28.4 Å². The number of aromatic nitrogens is 1. The van der Waals surface area contributed by atoms with Crippen molar-refractivity contribution in [1.82, 2.24) is 10.3 Å². The third kappa shape index (κ3) is 4.47. The second-order valence-corrected chi connectivity index (χ2v) is 7.17. The van der Waals surface area contributed by atoms with Gasteiger partial charge in [0.1, 0.15) is 5.69 Å². The highest BCUT2D eigenvalue weighted by Crippen LogP contribution is 2.20. The van der Waals surface area contributed by atoms with Crippen LogP contribution in [-0.4, -0.2) is 41.3 Å². The van der Waals surface area contributed by atoms with Crippen LogP contribution in [0, 0.1) is 5.92 Å². The zero-order valence-corrected chi connectivity index (χ0v) is 16.3. The van der Waals surface area contributed by atoms with Crippen molar-refractivity contribution in [2.45, 2.75) is 45.8 Å². The van der Waals surface area contributed by atoms with Gasteiger partial charge < -0.3 is 14.9 Å². The van der Waals surface area contributed by atoms with E-state index in [0.717, 1.165) is 10.8 Å². The molecule has 7 nitrogen and oxygen atoms in total. The van der Waals surface area contributed by atoms with E-state index in [4.69, 9.17) is 9.57 Å². The number of pyridine rings is 1. The lowest BCUT2D eigenvalue weighted by Crippen LogP contribution is -2.42. The summed E-state index contributed by atoms with van der Waals surface area (Å²) >= 11 is 0. The molecule has 2 heterocycles. The van der Waals surface area contributed by atoms with Gasteiger partial charge in [-0.25, -0.2) is 4.79 Å². The number of amides is 1. The molecule has 0 bridgehead atoms. The fourth-order valence-electron chi connectivity index (χ4n) is 3.24. The maximum absolute atomic E-state index is 13.0. The molecular weight excluding hydrogens is 358 g/mol. The van der Waals surface area contributed by atoms with Crippen LogP contribution in [0.25, 0.3) is 10.8 Å². The van der Waals surface area contributed by atoms with Crippen molar-refractivity contribution in [1.29, 1.82) is 0 Å². The van der Waals surface area contributed by atoms with Gasteiger partial charge in [0.25, 0.3) is 5.91 Å². The molecule has 1 aliphatic heterocycles. The molecule has 2 aromatic rings. The first-order valence-corrected chi connectivity index (χ1v) is 9.53. The van der Waals surface area contributed by atoms with Crippen LogP contribution in [0.1, 0.15) is 44.1 Å². The smallest absolute Gasteiger partial charge is 0.350 e. The number of rotatable bonds is 7. The monoisotopic (exact) mass is 383 g/mol. The molecule has 0 aliphatic carbocycles. The van der Waals surface area contributed by atoms with E-state index in [-0.39, 0.29) is 18.6 Å². The van der Waals surface area contributed by atoms with E-state index in [9.17, 15) is 9.59 Å². The lowest BCUT2D eigenvalue weighted by Gasteiger charge is -2.20. The summed E-state index contributed by atoms with van der Waals surface area (Å²) in [5.41, 5.74) is 1.01. The molecule has 0 spiro atoms. The zero-order chi connectivity index (χ0) is 20.1. The van der Waals surface area contributed by atoms with Gasteiger partial charge in [0.2, 0.25) is 6.10 Å². The third-order valence-corrected chi connectivity index (χ3v) is 4.54. The maximum Gasteiger partial charge on any atom is 0.350 e. The van der Waals surface area contributed by atoms with Crippen molar-refractivity contribution in [3.05, 3.63) is 42.2 Å². The number of esters is 1. The predicted molar refractivity (Wildman–Crippen MR) is 106 cm³/mol. The predicted octanol–water partition coefficient (Wildman–Crippen LogP) is 3.09. The standard InChI is InChI=1S/C21H25N3O4/c1-4-27-21(26)18-12-17(24-28-18)16(11-13(2)3)23-20(25)19-15-8-6-5-7-14(15)9-10-22-19/h5-10,13,16,18H,4,11-12H2,1-3H3,(H,23,25). The molecule has 2 unspecified atom stereocenters. The van der Waals surface area contributed by atoms with Crippen molar-refractivity contribution in [2.24, 2.45) is 11.1 Å². The van der Waals surface area contributed by atoms with Crippen LogP contribution in [0.15, 0.2) is 41.7 Å². The summed E-state index contributed by atoms with van der Waals surface area (Å²) in [6.07, 6.45) is 1.85. The largest absolute Gasteiger partial charge is 0.463 e. The summed E-state index contributed by atoms with van der Waals surface area (Å²) in [4.78, 5) is 34.4. The molecule has 28 heavy (non-hydrogen) atoms. The van der Waals surface area contributed by atoms with Crippen LogP contribution in [-0.2, 0) is 14.4 Å². The quantitative estimate of drug-likeness (QED) is 0.742. The van der Waals surface area contributed by atoms with Gasteiger partial charge in [-0.1, -0.05) is 43.3 Å². The second kappa shape index (κ2) is 8.82. The molecule has 148 valence electrons. The molecule has 0 radical (unpaired) electrons. The average molecular weight is 383 g/mol. The molecule has 1 aromatic carbocycles. The first-order valence-electron chi connectivity index (χ1n) is 9.53. The van der Waals surface area contributed by atoms with Gasteiger partial charge in [-0.2, -0.15) is 0 Å². The first kappa shape index (κ1) is 19.8. The molecular formula is C21H25N3O4. The van der Waals surface area contributed by atoms with E-state index in [1.807, 2.05) is 30.3 Å². The van der Waals surface area contributed by atoms with Crippen LogP contribution in [0.3, 0.4) is 0 Å². The van der Waals surface area contributed by atoms with Gasteiger partial charge in [0, 0.05) is 18.0 Å². The number of carbonyl (C=O) groups excluding carboxylic acids is 2. The molecule has 1 N–H and O–H groups in total. The van der Waals surface area contributed by atoms with Crippen molar-refractivity contribution in [2.75, 3.05) is 6.61 Å². The number of hydrogen-bond donors (Lipinski definition) is 1. The Morgan fingerprint density at radius 1 is 1.29 bits per heavy atom. The Balaban J connectivity index is 1.77. The van der Waals surface area contributed by atoms with Crippen molar-refractivity contribution in [3.8, 4) is 0 Å². The van der Waals surface area contributed by atoms with Gasteiger partial charge in [-0.15, -0.1) is 0 Å². The summed E-state index contributed by atoms with van der Waals surface area (Å²) in [5, 5.41) is 8.83. The first-order chi connectivity index (χ1) is 13.5. The van der Waals surface area contributed by atoms with Gasteiger partial charge in [-0.05, 0) is 30.7 Å². The van der Waals surface area contributed by atoms with Gasteiger partial charge >= 0.3 is 5.97 Å². The minimum Gasteiger partial charge on any atom is -0.463 e. The third-order valence-electron chi connectivity index (χ3n) is 4.54. The van der Waals surface area contributed by atoms with E-state index in [0.29, 0.717) is 30.2 Å². The summed E-state index contributed by atoms with van der Waals surface area (Å²) in [6.45, 7) is 6.16. The van der Waals surface area contributed by atoms with Crippen LogP contribution < -0.4 is 5.32 Å². The topological polar surface area (TPSA) is 89.9 Å². The van der Waals surface area contributed by atoms with Crippen molar-refractivity contribution in [3.63, 3.8) is 0 Å². The van der Waals surface area contributed by atoms with E-state index in [1.165, 1.54) is 0 Å². The highest BCUT2D eigenvalue weighted by Gasteiger charge is 2.34. The Kier molecular flexibility index (Phi) is 6.23. The summed E-state index contributed by atoms with van der Waals surface area (Å²) in [7, 11) is 0. The minimum absolute atomic E-state index is 0.273. The molecule has 7 heteroatoms. The molecule has 1 aliphatic rings. The molecule has 0 saturated heterocycles. The van der Waals surface area contributed by atoms with E-state index in [2.05, 4.69) is 29.3 Å². The van der Waals surface area contributed by atoms with Crippen LogP contribution in [0.5, 0.6) is 0 Å². The maximum atomic E-state index is 13.0. The number of nitrogens with one attached hydrogen (secondary N) is 1. The van der Waals surface area contributed by atoms with Gasteiger partial charge in [0.05, 0.1) is 18.4 Å². The average Bonchev–Trinajstić information content (AvgIpc) is 3.17. The molecule has 3 rings (SSSR count). The Morgan fingerprint density at radius 2 is 2.07 bits per heavy atom. The molecule has 2 atom stereocenters. The second-order valence-electron chi connectivity index (χ2n) is 7.17. The van der Waals surface area contributed by atoms with Crippen LogP contribution in [0.4, 0.5) is 0 Å². The molecule has 1 aromatic heterocycles. The van der Waals surface area contributed by atoms with E-state index >= 15 is 0 Å². The highest BCUT2D eigenvalue weighted by atomic mass is 16.7. The fraction of sp³-hybridized carbons (Fsp3) is 0.429. The molecule has 1 amide bonds. The van der Waals surface area contributed by atoms with E-state index < -0.39 is 12.1 Å². The van der Waals surface area contributed by atoms with Gasteiger partial charge in [0.15, 0.2) is 0 Å². The van der Waals surface area contributed by atoms with Crippen LogP contribution in [0.2, 0.25) is 0 Å².